The van der Waals surface area contributed by atoms with Gasteiger partial charge in [-0.3, -0.25) is 4.79 Å². The zero-order valence-corrected chi connectivity index (χ0v) is 21.7. The molecule has 1 unspecified atom stereocenters. The van der Waals surface area contributed by atoms with E-state index in [1.807, 2.05) is 24.4 Å². The van der Waals surface area contributed by atoms with Crippen molar-refractivity contribution in [2.45, 2.75) is 77.8 Å². The molecule has 3 fully saturated rings. The lowest BCUT2D eigenvalue weighted by atomic mass is 9.47. The number of hydrogen-bond donors (Lipinski definition) is 1. The van der Waals surface area contributed by atoms with Crippen molar-refractivity contribution < 1.29 is 4.79 Å². The van der Waals surface area contributed by atoms with Crippen LogP contribution in [-0.4, -0.2) is 15.5 Å². The molecule has 0 spiro atoms. The quantitative estimate of drug-likeness (QED) is 0.501. The summed E-state index contributed by atoms with van der Waals surface area (Å²) < 4.78 is 2.50. The number of imidazole rings is 1. The fraction of sp³-hybridized carbons (Fsp3) is 0.643. The number of fused-ring (bicyclic) bond motifs is 7. The van der Waals surface area contributed by atoms with Gasteiger partial charge in [-0.05, 0) is 85.7 Å². The fourth-order valence-corrected chi connectivity index (χ4v) is 9.41. The molecule has 1 aromatic heterocycles. The third-order valence-electron chi connectivity index (χ3n) is 10.6. The monoisotopic (exact) mass is 499 g/mol. The maximum atomic E-state index is 13.5. The van der Waals surface area contributed by atoms with Crippen molar-refractivity contribution in [1.82, 2.24) is 14.9 Å². The van der Waals surface area contributed by atoms with Gasteiger partial charge >= 0.3 is 0 Å². The number of carbonyl (C=O) groups excluding carboxylic acids is 1. The Labute approximate surface area is 212 Å². The van der Waals surface area contributed by atoms with Crippen LogP contribution in [0, 0.1) is 34.5 Å². The van der Waals surface area contributed by atoms with Gasteiger partial charge in [-0.25, -0.2) is 4.98 Å². The number of nitrogens with one attached hydrogen (secondary N) is 1. The molecular weight excluding hydrogens is 465 g/mol. The number of halogens is 2. The van der Waals surface area contributed by atoms with E-state index in [0.717, 1.165) is 36.7 Å². The van der Waals surface area contributed by atoms with Crippen molar-refractivity contribution in [2.24, 2.45) is 34.5 Å². The number of rotatable bonds is 3. The van der Waals surface area contributed by atoms with Gasteiger partial charge in [0.25, 0.3) is 0 Å². The van der Waals surface area contributed by atoms with Crippen LogP contribution in [0.25, 0.3) is 0 Å². The minimum absolute atomic E-state index is 0.0804. The maximum Gasteiger partial charge on any atom is 0.223 e. The molecule has 1 N–H and O–H groups in total. The second-order valence-corrected chi connectivity index (χ2v) is 12.6. The van der Waals surface area contributed by atoms with Gasteiger partial charge in [0.05, 0.1) is 0 Å². The Morgan fingerprint density at radius 2 is 1.82 bits per heavy atom. The van der Waals surface area contributed by atoms with Crippen LogP contribution in [0.15, 0.2) is 30.6 Å². The smallest absolute Gasteiger partial charge is 0.223 e. The molecular formula is C28H35Cl2N3O. The maximum absolute atomic E-state index is 13.5. The number of benzene rings is 1. The van der Waals surface area contributed by atoms with E-state index in [2.05, 4.69) is 34.9 Å². The summed E-state index contributed by atoms with van der Waals surface area (Å²) in [5, 5.41) is 4.42. The van der Waals surface area contributed by atoms with Crippen LogP contribution >= 0.6 is 23.2 Å². The lowest BCUT2D eigenvalue weighted by molar-refractivity contribution is -0.135. The number of carbonyl (C=O) groups is 1. The second kappa shape index (κ2) is 8.27. The molecule has 7 atom stereocenters. The number of aromatic nitrogens is 2. The van der Waals surface area contributed by atoms with Crippen molar-refractivity contribution in [3.05, 3.63) is 52.0 Å². The summed E-state index contributed by atoms with van der Waals surface area (Å²) in [7, 11) is 0. The molecule has 34 heavy (non-hydrogen) atoms. The summed E-state index contributed by atoms with van der Waals surface area (Å²) >= 11 is 12.7. The Kier molecular flexibility index (Phi) is 5.57. The van der Waals surface area contributed by atoms with Crippen molar-refractivity contribution in [3.63, 3.8) is 0 Å². The molecule has 0 radical (unpaired) electrons. The van der Waals surface area contributed by atoms with Crippen molar-refractivity contribution in [3.8, 4) is 0 Å². The molecule has 3 saturated carbocycles. The topological polar surface area (TPSA) is 46.9 Å². The lowest BCUT2D eigenvalue weighted by Gasteiger charge is -2.60. The van der Waals surface area contributed by atoms with Gasteiger partial charge in [-0.1, -0.05) is 43.1 Å². The molecule has 182 valence electrons. The normalized spacial score (nSPS) is 38.4. The highest BCUT2D eigenvalue weighted by Gasteiger charge is 2.61. The van der Waals surface area contributed by atoms with E-state index in [9.17, 15) is 4.79 Å². The number of aryl methyl sites for hydroxylation is 1. The minimum Gasteiger partial charge on any atom is -0.352 e. The van der Waals surface area contributed by atoms with Crippen LogP contribution < -0.4 is 5.32 Å². The molecule has 4 aliphatic rings. The first-order valence-electron chi connectivity index (χ1n) is 13.1. The van der Waals surface area contributed by atoms with Crippen LogP contribution in [0.3, 0.4) is 0 Å². The molecule has 0 saturated heterocycles. The number of hydrogen-bond acceptors (Lipinski definition) is 2. The standard InChI is InChI=1S/C28H35Cl2N3O/c1-27-12-10-20-17(6-9-24-28(20,2)13-11-25-31-14-15-33(24)25)19(27)7-8-21(27)26(34)32-16-18-22(29)4-3-5-23(18)30/h3-5,14-15,17,19-21,24H,6-13,16H2,1-2H3,(H,32,34)/t17-,19-,20-,21+,24?,27-,28+/m0/s1. The average molecular weight is 501 g/mol. The predicted molar refractivity (Wildman–Crippen MR) is 136 cm³/mol. The minimum atomic E-state index is 0.0804. The highest BCUT2D eigenvalue weighted by atomic mass is 35.5. The van der Waals surface area contributed by atoms with Crippen LogP contribution in [0.5, 0.6) is 0 Å². The molecule has 2 aromatic rings. The Bertz CT molecular complexity index is 1090. The van der Waals surface area contributed by atoms with Gasteiger partial charge in [0.1, 0.15) is 5.82 Å². The predicted octanol–water partition coefficient (Wildman–Crippen LogP) is 6.85. The van der Waals surface area contributed by atoms with Crippen LogP contribution in [-0.2, 0) is 17.8 Å². The molecule has 0 bridgehead atoms. The van der Waals surface area contributed by atoms with Crippen LogP contribution in [0.1, 0.15) is 76.2 Å². The summed E-state index contributed by atoms with van der Waals surface area (Å²) in [5.41, 5.74) is 1.25. The second-order valence-electron chi connectivity index (χ2n) is 11.8. The SMILES string of the molecule is C[C@]12CC[C@H]3[C@@H](CCC4n5ccnc5CC[C@@]43C)[C@@H]1CC[C@@H]2C(=O)NCc1c(Cl)cccc1Cl. The Balaban J connectivity index is 1.20. The Hall–Kier alpha value is -1.52. The van der Waals surface area contributed by atoms with E-state index in [0.29, 0.717) is 34.0 Å². The van der Waals surface area contributed by atoms with Gasteiger partial charge in [-0.15, -0.1) is 0 Å². The van der Waals surface area contributed by atoms with Gasteiger partial charge in [0, 0.05) is 52.9 Å². The van der Waals surface area contributed by atoms with E-state index in [1.165, 1.54) is 37.9 Å². The molecule has 1 amide bonds. The fourth-order valence-electron chi connectivity index (χ4n) is 8.88. The first kappa shape index (κ1) is 22.9. The molecule has 2 heterocycles. The van der Waals surface area contributed by atoms with E-state index < -0.39 is 0 Å². The number of nitrogens with zero attached hydrogens (tertiary/aromatic N) is 2. The lowest BCUT2D eigenvalue weighted by Crippen LogP contribution is -2.54. The number of amides is 1. The van der Waals surface area contributed by atoms with Gasteiger partial charge in [-0.2, -0.15) is 0 Å². The highest BCUT2D eigenvalue weighted by Crippen LogP contribution is 2.67. The molecule has 6 heteroatoms. The van der Waals surface area contributed by atoms with Gasteiger partial charge < -0.3 is 9.88 Å². The summed E-state index contributed by atoms with van der Waals surface area (Å²) in [6, 6.07) is 6.09. The molecule has 6 rings (SSSR count). The van der Waals surface area contributed by atoms with E-state index in [1.54, 1.807) is 0 Å². The molecule has 4 nitrogen and oxygen atoms in total. The zero-order chi connectivity index (χ0) is 23.7. The third kappa shape index (κ3) is 3.31. The molecule has 1 aliphatic heterocycles. The average Bonchev–Trinajstić information content (AvgIpc) is 3.42. The Morgan fingerprint density at radius 1 is 1.06 bits per heavy atom. The zero-order valence-electron chi connectivity index (χ0n) is 20.2. The van der Waals surface area contributed by atoms with E-state index in [4.69, 9.17) is 23.2 Å². The summed E-state index contributed by atoms with van der Waals surface area (Å²) in [4.78, 5) is 18.1. The van der Waals surface area contributed by atoms with Crippen molar-refractivity contribution >= 4 is 29.1 Å². The summed E-state index contributed by atoms with van der Waals surface area (Å²) in [6.45, 7) is 5.37. The van der Waals surface area contributed by atoms with E-state index in [-0.39, 0.29) is 17.2 Å². The molecule has 1 aromatic carbocycles. The van der Waals surface area contributed by atoms with Crippen LogP contribution in [0.2, 0.25) is 10.0 Å². The van der Waals surface area contributed by atoms with Crippen molar-refractivity contribution in [1.29, 1.82) is 0 Å². The highest BCUT2D eigenvalue weighted by molar-refractivity contribution is 6.36. The van der Waals surface area contributed by atoms with Crippen LogP contribution in [0.4, 0.5) is 0 Å². The van der Waals surface area contributed by atoms with Crippen molar-refractivity contribution in [2.75, 3.05) is 0 Å². The van der Waals surface area contributed by atoms with Gasteiger partial charge in [0.15, 0.2) is 0 Å². The first-order valence-corrected chi connectivity index (χ1v) is 13.8. The first-order chi connectivity index (χ1) is 16.3. The van der Waals surface area contributed by atoms with E-state index >= 15 is 0 Å². The Morgan fingerprint density at radius 3 is 2.62 bits per heavy atom. The molecule has 3 aliphatic carbocycles. The largest absolute Gasteiger partial charge is 0.352 e. The summed E-state index contributed by atoms with van der Waals surface area (Å²) in [6.07, 6.45) is 13.7. The summed E-state index contributed by atoms with van der Waals surface area (Å²) in [5.74, 6) is 3.67. The van der Waals surface area contributed by atoms with Gasteiger partial charge in [0.2, 0.25) is 5.91 Å². The third-order valence-corrected chi connectivity index (χ3v) is 11.3.